The Morgan fingerprint density at radius 1 is 1.08 bits per heavy atom. The smallest absolute Gasteiger partial charge is 0.434 e. The number of rotatable bonds is 5. The van der Waals surface area contributed by atoms with Gasteiger partial charge in [-0.05, 0) is 23.3 Å². The van der Waals surface area contributed by atoms with Gasteiger partial charge in [0.25, 0.3) is 6.10 Å². The van der Waals surface area contributed by atoms with Gasteiger partial charge in [-0.15, -0.1) is 0 Å². The lowest BCUT2D eigenvalue weighted by atomic mass is 10.1. The maximum Gasteiger partial charge on any atom is 0.434 e. The van der Waals surface area contributed by atoms with Crippen LogP contribution < -0.4 is 4.74 Å². The van der Waals surface area contributed by atoms with Crippen LogP contribution in [0.25, 0.3) is 0 Å². The summed E-state index contributed by atoms with van der Waals surface area (Å²) in [5.41, 5.74) is 1.03. The Labute approximate surface area is 143 Å². The van der Waals surface area contributed by atoms with Crippen molar-refractivity contribution in [2.75, 3.05) is 13.3 Å². The standard InChI is InChI=1S/C15H14F7NO3/c16-4-1-5-25-11-3-2-9-7-23(8-10(9)6-11)13(24)26-12(14(17,18)19)15(20,21)22/h2-3,6,12H,1,4-5,7-8H2. The van der Waals surface area contributed by atoms with Crippen LogP contribution in [-0.2, 0) is 17.8 Å². The number of carbonyl (C=O) groups excluding carboxylic acids is 1. The van der Waals surface area contributed by atoms with E-state index in [9.17, 15) is 35.5 Å². The minimum atomic E-state index is -5.77. The fraction of sp³-hybridized carbons (Fsp3) is 0.533. The minimum absolute atomic E-state index is 0.111. The lowest BCUT2D eigenvalue weighted by Crippen LogP contribution is -2.47. The summed E-state index contributed by atoms with van der Waals surface area (Å²) in [5, 5.41) is 0. The molecule has 0 bridgehead atoms. The van der Waals surface area contributed by atoms with E-state index in [1.165, 1.54) is 18.2 Å². The highest BCUT2D eigenvalue weighted by atomic mass is 19.4. The summed E-state index contributed by atoms with van der Waals surface area (Å²) in [4.78, 5) is 12.5. The van der Waals surface area contributed by atoms with Gasteiger partial charge in [-0.1, -0.05) is 6.07 Å². The highest BCUT2D eigenvalue weighted by molar-refractivity contribution is 5.69. The van der Waals surface area contributed by atoms with Crippen molar-refractivity contribution in [3.05, 3.63) is 29.3 Å². The molecule has 0 atom stereocenters. The van der Waals surface area contributed by atoms with Gasteiger partial charge in [-0.3, -0.25) is 9.29 Å². The number of fused-ring (bicyclic) bond motifs is 1. The zero-order chi connectivity index (χ0) is 19.5. The van der Waals surface area contributed by atoms with Crippen LogP contribution in [0.3, 0.4) is 0 Å². The molecule has 11 heteroatoms. The number of amides is 1. The molecule has 0 aromatic heterocycles. The van der Waals surface area contributed by atoms with Gasteiger partial charge in [-0.2, -0.15) is 26.3 Å². The fourth-order valence-electron chi connectivity index (χ4n) is 2.33. The van der Waals surface area contributed by atoms with E-state index in [0.29, 0.717) is 16.9 Å². The summed E-state index contributed by atoms with van der Waals surface area (Å²) in [5.74, 6) is 0.357. The van der Waals surface area contributed by atoms with E-state index >= 15 is 0 Å². The first-order chi connectivity index (χ1) is 12.0. The lowest BCUT2D eigenvalue weighted by molar-refractivity contribution is -0.308. The van der Waals surface area contributed by atoms with E-state index in [1.807, 2.05) is 0 Å². The summed E-state index contributed by atoms with van der Waals surface area (Å²) < 4.78 is 95.8. The highest BCUT2D eigenvalue weighted by Crippen LogP contribution is 2.37. The quantitative estimate of drug-likeness (QED) is 0.555. The average Bonchev–Trinajstić information content (AvgIpc) is 2.93. The molecule has 0 radical (unpaired) electrons. The number of ether oxygens (including phenoxy) is 2. The van der Waals surface area contributed by atoms with E-state index < -0.39 is 31.2 Å². The zero-order valence-electron chi connectivity index (χ0n) is 13.2. The highest BCUT2D eigenvalue weighted by Gasteiger charge is 2.60. The number of nitrogens with zero attached hydrogens (tertiary/aromatic N) is 1. The number of benzene rings is 1. The van der Waals surface area contributed by atoms with Gasteiger partial charge in [0.15, 0.2) is 0 Å². The number of hydrogen-bond acceptors (Lipinski definition) is 3. The molecule has 0 saturated heterocycles. The Kier molecular flexibility index (Phi) is 5.87. The van der Waals surface area contributed by atoms with Crippen LogP contribution in [0, 0.1) is 0 Å². The fourth-order valence-corrected chi connectivity index (χ4v) is 2.33. The van der Waals surface area contributed by atoms with Crippen molar-refractivity contribution in [1.29, 1.82) is 0 Å². The molecule has 0 fully saturated rings. The second-order valence-electron chi connectivity index (χ2n) is 5.52. The predicted molar refractivity (Wildman–Crippen MR) is 74.2 cm³/mol. The van der Waals surface area contributed by atoms with Crippen LogP contribution in [0.2, 0.25) is 0 Å². The van der Waals surface area contributed by atoms with Gasteiger partial charge in [0, 0.05) is 19.5 Å². The molecular weight excluding hydrogens is 375 g/mol. The molecule has 1 aliphatic rings. The zero-order valence-corrected chi connectivity index (χ0v) is 13.2. The molecule has 4 nitrogen and oxygen atoms in total. The molecule has 1 heterocycles. The van der Waals surface area contributed by atoms with Crippen LogP contribution >= 0.6 is 0 Å². The molecule has 2 rings (SSSR count). The van der Waals surface area contributed by atoms with E-state index in [-0.39, 0.29) is 26.1 Å². The second-order valence-corrected chi connectivity index (χ2v) is 5.52. The molecular formula is C15H14F7NO3. The molecule has 1 aromatic carbocycles. The Morgan fingerprint density at radius 3 is 2.27 bits per heavy atom. The molecule has 1 aliphatic heterocycles. The maximum atomic E-state index is 12.5. The summed E-state index contributed by atoms with van der Waals surface area (Å²) in [6, 6.07) is 4.53. The van der Waals surface area contributed by atoms with Crippen molar-refractivity contribution in [3.63, 3.8) is 0 Å². The van der Waals surface area contributed by atoms with Crippen LogP contribution in [-0.4, -0.2) is 42.7 Å². The molecule has 1 amide bonds. The van der Waals surface area contributed by atoms with Gasteiger partial charge in [0.2, 0.25) is 0 Å². The predicted octanol–water partition coefficient (Wildman–Crippen LogP) is 4.37. The largest absolute Gasteiger partial charge is 0.493 e. The van der Waals surface area contributed by atoms with Crippen molar-refractivity contribution in [2.45, 2.75) is 38.0 Å². The van der Waals surface area contributed by atoms with E-state index in [4.69, 9.17) is 4.74 Å². The normalized spacial score (nSPS) is 14.5. The Balaban J connectivity index is 2.03. The van der Waals surface area contributed by atoms with Gasteiger partial charge < -0.3 is 9.47 Å². The van der Waals surface area contributed by atoms with Crippen LogP contribution in [0.1, 0.15) is 17.5 Å². The average molecular weight is 389 g/mol. The summed E-state index contributed by atoms with van der Waals surface area (Å²) in [6.45, 7) is -0.873. The maximum absolute atomic E-state index is 12.5. The van der Waals surface area contributed by atoms with E-state index in [0.717, 1.165) is 4.90 Å². The molecule has 26 heavy (non-hydrogen) atoms. The van der Waals surface area contributed by atoms with E-state index in [2.05, 4.69) is 4.74 Å². The molecule has 0 unspecified atom stereocenters. The van der Waals surface area contributed by atoms with Gasteiger partial charge in [0.1, 0.15) is 5.75 Å². The number of hydrogen-bond donors (Lipinski definition) is 0. The molecule has 0 spiro atoms. The van der Waals surface area contributed by atoms with E-state index in [1.54, 1.807) is 0 Å². The summed E-state index contributed by atoms with van der Waals surface area (Å²) >= 11 is 0. The Hall–Kier alpha value is -2.20. The van der Waals surface area contributed by atoms with Crippen LogP contribution in [0.4, 0.5) is 35.5 Å². The van der Waals surface area contributed by atoms with Gasteiger partial charge >= 0.3 is 18.4 Å². The lowest BCUT2D eigenvalue weighted by Gasteiger charge is -2.25. The Morgan fingerprint density at radius 2 is 1.69 bits per heavy atom. The number of carbonyl (C=O) groups is 1. The SMILES string of the molecule is O=C(OC(C(F)(F)F)C(F)(F)F)N1Cc2ccc(OCCCF)cc2C1. The number of halogens is 7. The minimum Gasteiger partial charge on any atom is -0.493 e. The van der Waals surface area contributed by atoms with Crippen LogP contribution in [0.15, 0.2) is 18.2 Å². The van der Waals surface area contributed by atoms with Gasteiger partial charge in [0.05, 0.1) is 13.3 Å². The second kappa shape index (κ2) is 7.58. The Bertz CT molecular complexity index is 631. The van der Waals surface area contributed by atoms with Crippen molar-refractivity contribution in [2.24, 2.45) is 0 Å². The molecule has 0 N–H and O–H groups in total. The molecule has 146 valence electrons. The third kappa shape index (κ3) is 4.92. The summed E-state index contributed by atoms with van der Waals surface area (Å²) in [6.07, 6.45) is -17.3. The summed E-state index contributed by atoms with van der Waals surface area (Å²) in [7, 11) is 0. The van der Waals surface area contributed by atoms with Crippen LogP contribution in [0.5, 0.6) is 5.75 Å². The van der Waals surface area contributed by atoms with Crippen molar-refractivity contribution < 1.29 is 45.0 Å². The first-order valence-electron chi connectivity index (χ1n) is 7.42. The third-order valence-electron chi connectivity index (χ3n) is 3.52. The number of alkyl halides is 7. The molecule has 0 aliphatic carbocycles. The van der Waals surface area contributed by atoms with Crippen molar-refractivity contribution >= 4 is 6.09 Å². The molecule has 0 saturated carbocycles. The topological polar surface area (TPSA) is 38.8 Å². The first kappa shape index (κ1) is 20.1. The van der Waals surface area contributed by atoms with Crippen molar-refractivity contribution in [3.8, 4) is 5.75 Å². The molecule has 1 aromatic rings. The van der Waals surface area contributed by atoms with Crippen molar-refractivity contribution in [1.82, 2.24) is 4.90 Å². The monoisotopic (exact) mass is 389 g/mol. The first-order valence-corrected chi connectivity index (χ1v) is 7.42. The van der Waals surface area contributed by atoms with Gasteiger partial charge in [-0.25, -0.2) is 4.79 Å². The third-order valence-corrected chi connectivity index (χ3v) is 3.52.